The third kappa shape index (κ3) is 45.3. The molecular weight excluding hydrogens is 971 g/mol. The van der Waals surface area contributed by atoms with Gasteiger partial charge < -0.3 is 40.3 Å². The number of rotatable bonds is 53. The van der Waals surface area contributed by atoms with Crippen LogP contribution in [0.4, 0.5) is 0 Å². The van der Waals surface area contributed by atoms with Crippen molar-refractivity contribution in [1.82, 2.24) is 5.32 Å². The van der Waals surface area contributed by atoms with Gasteiger partial charge in [0.25, 0.3) is 0 Å². The summed E-state index contributed by atoms with van der Waals surface area (Å²) in [6.07, 6.45) is 78.4. The Morgan fingerprint density at radius 1 is 0.449 bits per heavy atom. The van der Waals surface area contributed by atoms with Gasteiger partial charge in [0.1, 0.15) is 24.4 Å². The Bertz CT molecular complexity index is 1640. The fourth-order valence-corrected chi connectivity index (χ4v) is 9.29. The van der Waals surface area contributed by atoms with E-state index in [4.69, 9.17) is 9.47 Å². The molecule has 0 aromatic heterocycles. The zero-order chi connectivity index (χ0) is 56.5. The summed E-state index contributed by atoms with van der Waals surface area (Å²) in [6, 6.07) is -0.845. The topological polar surface area (TPSA) is 149 Å². The highest BCUT2D eigenvalue weighted by Gasteiger charge is 2.44. The predicted molar refractivity (Wildman–Crippen MR) is 331 cm³/mol. The highest BCUT2D eigenvalue weighted by atomic mass is 16.7. The van der Waals surface area contributed by atoms with Crippen LogP contribution in [0.25, 0.3) is 0 Å². The molecule has 0 saturated carbocycles. The molecule has 1 heterocycles. The SMILES string of the molecule is CC/C=C\C/C=C\C/C=C\C/C=C\C/C=C\C/C=C\C/C=C\CCCCCCCCCC(=O)NC(COC1OC(CO)C(O)C(O)C1O)C(O)/C=C/CC/C=C/CC/C=C/CCCCCCCCCCCCCCCCCC. The molecule has 1 saturated heterocycles. The van der Waals surface area contributed by atoms with Crippen LogP contribution in [-0.2, 0) is 14.3 Å². The normalized spacial score (nSPS) is 19.5. The van der Waals surface area contributed by atoms with E-state index in [1.807, 2.05) is 6.08 Å². The van der Waals surface area contributed by atoms with Gasteiger partial charge in [-0.2, -0.15) is 0 Å². The van der Waals surface area contributed by atoms with E-state index < -0.39 is 49.5 Å². The van der Waals surface area contributed by atoms with Gasteiger partial charge in [-0.05, 0) is 103 Å². The maximum Gasteiger partial charge on any atom is 0.220 e. The van der Waals surface area contributed by atoms with Crippen molar-refractivity contribution in [1.29, 1.82) is 0 Å². The summed E-state index contributed by atoms with van der Waals surface area (Å²) in [4.78, 5) is 13.1. The number of unbranched alkanes of at least 4 members (excludes halogenated alkanes) is 25. The van der Waals surface area contributed by atoms with Gasteiger partial charge in [0.15, 0.2) is 6.29 Å². The summed E-state index contributed by atoms with van der Waals surface area (Å²) in [5.41, 5.74) is 0. The van der Waals surface area contributed by atoms with Crippen LogP contribution < -0.4 is 5.32 Å². The molecule has 9 nitrogen and oxygen atoms in total. The summed E-state index contributed by atoms with van der Waals surface area (Å²) >= 11 is 0. The molecule has 7 atom stereocenters. The average molecular weight is 1090 g/mol. The summed E-state index contributed by atoms with van der Waals surface area (Å²) < 4.78 is 11.3. The summed E-state index contributed by atoms with van der Waals surface area (Å²) in [6.45, 7) is 3.65. The summed E-state index contributed by atoms with van der Waals surface area (Å²) in [5, 5.41) is 54.6. The van der Waals surface area contributed by atoms with Crippen molar-refractivity contribution >= 4 is 5.91 Å². The minimum atomic E-state index is -1.59. The molecule has 446 valence electrons. The number of ether oxygens (including phenoxy) is 2. The van der Waals surface area contributed by atoms with Crippen LogP contribution in [0.1, 0.15) is 251 Å². The average Bonchev–Trinajstić information content (AvgIpc) is 3.45. The van der Waals surface area contributed by atoms with E-state index >= 15 is 0 Å². The summed E-state index contributed by atoms with van der Waals surface area (Å²) in [5.74, 6) is -0.206. The Kier molecular flexibility index (Phi) is 52.9. The predicted octanol–water partition coefficient (Wildman–Crippen LogP) is 16.7. The minimum Gasteiger partial charge on any atom is -0.394 e. The van der Waals surface area contributed by atoms with Crippen molar-refractivity contribution in [2.45, 2.75) is 294 Å². The van der Waals surface area contributed by atoms with Gasteiger partial charge in [0.05, 0.1) is 25.4 Å². The third-order valence-corrected chi connectivity index (χ3v) is 14.2. The van der Waals surface area contributed by atoms with Crippen molar-refractivity contribution < 1.29 is 39.8 Å². The fourth-order valence-electron chi connectivity index (χ4n) is 9.29. The van der Waals surface area contributed by atoms with Gasteiger partial charge in [-0.1, -0.05) is 264 Å². The number of hydrogen-bond donors (Lipinski definition) is 6. The molecule has 1 rings (SSSR count). The van der Waals surface area contributed by atoms with Crippen LogP contribution in [-0.4, -0.2) is 87.5 Å². The second kappa shape index (κ2) is 56.8. The van der Waals surface area contributed by atoms with Gasteiger partial charge in [-0.3, -0.25) is 4.79 Å². The number of hydrogen-bond acceptors (Lipinski definition) is 8. The molecule has 1 aliphatic heterocycles. The lowest BCUT2D eigenvalue weighted by Gasteiger charge is -2.40. The quantitative estimate of drug-likeness (QED) is 0.0261. The van der Waals surface area contributed by atoms with Crippen molar-refractivity contribution in [3.8, 4) is 0 Å². The first-order valence-electron chi connectivity index (χ1n) is 31.8. The first-order valence-corrected chi connectivity index (χ1v) is 31.8. The Hall–Kier alpha value is -3.41. The molecule has 0 spiro atoms. The molecule has 1 fully saturated rings. The lowest BCUT2D eigenvalue weighted by molar-refractivity contribution is -0.302. The molecule has 0 bridgehead atoms. The monoisotopic (exact) mass is 1090 g/mol. The molecule has 0 radical (unpaired) electrons. The molecule has 0 aliphatic carbocycles. The third-order valence-electron chi connectivity index (χ3n) is 14.2. The van der Waals surface area contributed by atoms with Crippen molar-refractivity contribution in [3.05, 3.63) is 122 Å². The van der Waals surface area contributed by atoms with Crippen molar-refractivity contribution in [2.24, 2.45) is 0 Å². The van der Waals surface area contributed by atoms with Crippen LogP contribution in [0, 0.1) is 0 Å². The molecule has 7 unspecified atom stereocenters. The van der Waals surface area contributed by atoms with Crippen LogP contribution in [0.5, 0.6) is 0 Å². The molecule has 1 amide bonds. The van der Waals surface area contributed by atoms with Gasteiger partial charge >= 0.3 is 0 Å². The van der Waals surface area contributed by atoms with Gasteiger partial charge in [0, 0.05) is 6.42 Å². The van der Waals surface area contributed by atoms with Crippen molar-refractivity contribution in [2.75, 3.05) is 13.2 Å². The Balaban J connectivity index is 2.26. The van der Waals surface area contributed by atoms with Gasteiger partial charge in [-0.15, -0.1) is 0 Å². The van der Waals surface area contributed by atoms with E-state index in [0.29, 0.717) is 6.42 Å². The number of aliphatic hydroxyl groups excluding tert-OH is 5. The van der Waals surface area contributed by atoms with E-state index in [1.165, 1.54) is 122 Å². The Labute approximate surface area is 478 Å². The highest BCUT2D eigenvalue weighted by Crippen LogP contribution is 2.23. The fraction of sp³-hybridized carbons (Fsp3) is 0.696. The van der Waals surface area contributed by atoms with Crippen LogP contribution >= 0.6 is 0 Å². The largest absolute Gasteiger partial charge is 0.394 e. The molecule has 0 aromatic rings. The Morgan fingerprint density at radius 2 is 0.808 bits per heavy atom. The second-order valence-corrected chi connectivity index (χ2v) is 21.4. The molecule has 1 aliphatic rings. The van der Waals surface area contributed by atoms with E-state index in [1.54, 1.807) is 6.08 Å². The smallest absolute Gasteiger partial charge is 0.220 e. The van der Waals surface area contributed by atoms with E-state index in [0.717, 1.165) is 109 Å². The number of carbonyl (C=O) groups excluding carboxylic acids is 1. The maximum atomic E-state index is 13.1. The van der Waals surface area contributed by atoms with E-state index in [2.05, 4.69) is 129 Å². The van der Waals surface area contributed by atoms with Crippen molar-refractivity contribution in [3.63, 3.8) is 0 Å². The molecule has 78 heavy (non-hydrogen) atoms. The number of allylic oxidation sites excluding steroid dienone is 19. The summed E-state index contributed by atoms with van der Waals surface area (Å²) in [7, 11) is 0. The molecular formula is C69H117NO8. The second-order valence-electron chi connectivity index (χ2n) is 21.4. The van der Waals surface area contributed by atoms with E-state index in [9.17, 15) is 30.3 Å². The number of nitrogens with one attached hydrogen (secondary N) is 1. The van der Waals surface area contributed by atoms with Crippen LogP contribution in [0.3, 0.4) is 0 Å². The molecule has 6 N–H and O–H groups in total. The molecule has 9 heteroatoms. The van der Waals surface area contributed by atoms with Crippen LogP contribution in [0.2, 0.25) is 0 Å². The zero-order valence-electron chi connectivity index (χ0n) is 49.6. The van der Waals surface area contributed by atoms with Crippen LogP contribution in [0.15, 0.2) is 122 Å². The van der Waals surface area contributed by atoms with Gasteiger partial charge in [-0.25, -0.2) is 0 Å². The minimum absolute atomic E-state index is 0.206. The first kappa shape index (κ1) is 72.6. The lowest BCUT2D eigenvalue weighted by Crippen LogP contribution is -2.60. The highest BCUT2D eigenvalue weighted by molar-refractivity contribution is 5.76. The number of carbonyl (C=O) groups is 1. The Morgan fingerprint density at radius 3 is 1.23 bits per heavy atom. The zero-order valence-corrected chi connectivity index (χ0v) is 49.6. The van der Waals surface area contributed by atoms with E-state index in [-0.39, 0.29) is 12.5 Å². The first-order chi connectivity index (χ1) is 38.3. The molecule has 0 aromatic carbocycles. The maximum absolute atomic E-state index is 13.1. The van der Waals surface area contributed by atoms with Gasteiger partial charge in [0.2, 0.25) is 5.91 Å². The standard InChI is InChI=1S/C69H117NO8/c1-3-5-7-9-11-13-15-17-19-21-23-25-27-29-31-32-33-35-37-39-41-43-45-47-49-51-53-55-57-59-65(73)70-62(61-77-69-68(76)67(75)66(74)64(60-71)78-69)63(72)58-56-54-52-50-48-46-44-42-40-38-36-34-30-28-26-24-22-20-18-16-14-12-10-8-6-4-2/h5,7,11,13,17,19,23,25,29,31,33,35,39-42,48,50,56,58,62-64,66-69,71-72,74-76H,3-4,6,8-10,12,14-16,18,20-22,24,26-28,30,32,34,36-38,43-47,49,51-55,57,59-61H2,1-2H3,(H,70,73)/b7-5-,13-11-,19-17-,25-23-,31-29-,35-33-,41-39-,42-40+,50-48+,58-56+. The lowest BCUT2D eigenvalue weighted by atomic mass is 9.99. The number of amides is 1. The number of aliphatic hydroxyl groups is 5.